The largest absolute Gasteiger partial charge is 0.381 e. The lowest BCUT2D eigenvalue weighted by molar-refractivity contribution is -0.148. The Morgan fingerprint density at radius 3 is 2.50 bits per heavy atom. The predicted molar refractivity (Wildman–Crippen MR) is 71.7 cm³/mol. The van der Waals surface area contributed by atoms with E-state index in [1.165, 1.54) is 45.2 Å². The number of ether oxygens (including phenoxy) is 2. The monoisotopic (exact) mass is 253 g/mol. The van der Waals surface area contributed by atoms with Gasteiger partial charge in [-0.15, -0.1) is 0 Å². The highest BCUT2D eigenvalue weighted by molar-refractivity contribution is 4.90. The Labute approximate surface area is 111 Å². The maximum atomic E-state index is 6.13. The molecular formula is C15H27NO2. The fourth-order valence-electron chi connectivity index (χ4n) is 4.01. The lowest BCUT2D eigenvalue weighted by Gasteiger charge is -2.44. The normalized spacial score (nSPS) is 33.7. The highest BCUT2D eigenvalue weighted by atomic mass is 16.5. The first-order valence-electron chi connectivity index (χ1n) is 7.79. The molecule has 0 radical (unpaired) electrons. The van der Waals surface area contributed by atoms with Gasteiger partial charge in [-0.1, -0.05) is 0 Å². The Morgan fingerprint density at radius 1 is 0.944 bits per heavy atom. The van der Waals surface area contributed by atoms with Crippen molar-refractivity contribution in [3.05, 3.63) is 0 Å². The zero-order valence-corrected chi connectivity index (χ0v) is 11.5. The third kappa shape index (κ3) is 3.06. The topological polar surface area (TPSA) is 30.5 Å². The van der Waals surface area contributed by atoms with Crippen LogP contribution in [0.15, 0.2) is 0 Å². The van der Waals surface area contributed by atoms with Gasteiger partial charge in [0.2, 0.25) is 0 Å². The molecule has 0 bridgehead atoms. The van der Waals surface area contributed by atoms with E-state index in [9.17, 15) is 0 Å². The van der Waals surface area contributed by atoms with Crippen LogP contribution in [0.1, 0.15) is 44.9 Å². The van der Waals surface area contributed by atoms with Crippen LogP contribution in [0.2, 0.25) is 0 Å². The minimum atomic E-state index is 0.189. The Hall–Kier alpha value is -0.120. The summed E-state index contributed by atoms with van der Waals surface area (Å²) >= 11 is 0. The van der Waals surface area contributed by atoms with Crippen molar-refractivity contribution >= 4 is 0 Å². The molecule has 1 spiro atoms. The first-order chi connectivity index (χ1) is 8.86. The van der Waals surface area contributed by atoms with Crippen molar-refractivity contribution in [2.24, 2.45) is 11.8 Å². The summed E-state index contributed by atoms with van der Waals surface area (Å²) in [6.07, 6.45) is 9.02. The SMILES string of the molecule is C1CC(CC2CCOC3(CCOCC3)C2)CCN1. The molecule has 3 rings (SSSR count). The standard InChI is InChI=1S/C15H27NO2/c1-6-16-7-2-13(1)11-14-3-8-18-15(12-14)4-9-17-10-5-15/h13-14,16H,1-12H2. The molecule has 0 aromatic rings. The molecule has 3 heteroatoms. The lowest BCUT2D eigenvalue weighted by Crippen LogP contribution is -2.44. The Bertz CT molecular complexity index is 252. The Morgan fingerprint density at radius 2 is 1.72 bits per heavy atom. The van der Waals surface area contributed by atoms with Crippen LogP contribution in [0, 0.1) is 11.8 Å². The molecule has 3 fully saturated rings. The van der Waals surface area contributed by atoms with Gasteiger partial charge in [0, 0.05) is 19.8 Å². The molecule has 104 valence electrons. The minimum absolute atomic E-state index is 0.189. The first-order valence-corrected chi connectivity index (χ1v) is 7.79. The van der Waals surface area contributed by atoms with Gasteiger partial charge in [0.15, 0.2) is 0 Å². The van der Waals surface area contributed by atoms with E-state index in [0.717, 1.165) is 44.5 Å². The second kappa shape index (κ2) is 5.89. The fraction of sp³-hybridized carbons (Fsp3) is 1.00. The van der Waals surface area contributed by atoms with Crippen LogP contribution in [-0.4, -0.2) is 38.5 Å². The van der Waals surface area contributed by atoms with Crippen molar-refractivity contribution in [1.82, 2.24) is 5.32 Å². The van der Waals surface area contributed by atoms with E-state index in [1.54, 1.807) is 0 Å². The second-order valence-corrected chi connectivity index (χ2v) is 6.43. The van der Waals surface area contributed by atoms with Crippen LogP contribution in [0.5, 0.6) is 0 Å². The smallest absolute Gasteiger partial charge is 0.0729 e. The zero-order chi connectivity index (χ0) is 12.3. The van der Waals surface area contributed by atoms with Gasteiger partial charge in [0.1, 0.15) is 0 Å². The van der Waals surface area contributed by atoms with Gasteiger partial charge in [-0.2, -0.15) is 0 Å². The van der Waals surface area contributed by atoms with Gasteiger partial charge >= 0.3 is 0 Å². The summed E-state index contributed by atoms with van der Waals surface area (Å²) in [4.78, 5) is 0. The van der Waals surface area contributed by atoms with Gasteiger partial charge in [-0.25, -0.2) is 0 Å². The summed E-state index contributed by atoms with van der Waals surface area (Å²) in [6.45, 7) is 5.25. The van der Waals surface area contributed by atoms with Crippen molar-refractivity contribution in [2.45, 2.75) is 50.5 Å². The Kier molecular flexibility index (Phi) is 4.22. The summed E-state index contributed by atoms with van der Waals surface area (Å²) in [5.41, 5.74) is 0.189. The van der Waals surface area contributed by atoms with Crippen LogP contribution in [-0.2, 0) is 9.47 Å². The third-order valence-electron chi connectivity index (χ3n) is 5.12. The van der Waals surface area contributed by atoms with E-state index in [0.29, 0.717) is 0 Å². The Balaban J connectivity index is 1.52. The van der Waals surface area contributed by atoms with Crippen molar-refractivity contribution in [1.29, 1.82) is 0 Å². The molecular weight excluding hydrogens is 226 g/mol. The number of rotatable bonds is 2. The molecule has 3 saturated heterocycles. The highest BCUT2D eigenvalue weighted by Gasteiger charge is 2.39. The summed E-state index contributed by atoms with van der Waals surface area (Å²) in [7, 11) is 0. The minimum Gasteiger partial charge on any atom is -0.381 e. The summed E-state index contributed by atoms with van der Waals surface area (Å²) in [5.74, 6) is 1.87. The molecule has 3 aliphatic rings. The molecule has 1 N–H and O–H groups in total. The number of piperidine rings is 1. The summed E-state index contributed by atoms with van der Waals surface area (Å²) < 4.78 is 11.6. The average Bonchev–Trinajstić information content (AvgIpc) is 2.41. The fourth-order valence-corrected chi connectivity index (χ4v) is 4.01. The van der Waals surface area contributed by atoms with Gasteiger partial charge < -0.3 is 14.8 Å². The second-order valence-electron chi connectivity index (χ2n) is 6.43. The third-order valence-corrected chi connectivity index (χ3v) is 5.12. The quantitative estimate of drug-likeness (QED) is 0.819. The highest BCUT2D eigenvalue weighted by Crippen LogP contribution is 2.40. The van der Waals surface area contributed by atoms with Crippen LogP contribution in [0.3, 0.4) is 0 Å². The van der Waals surface area contributed by atoms with E-state index in [2.05, 4.69) is 5.32 Å². The number of hydrogen-bond donors (Lipinski definition) is 1. The summed E-state index contributed by atoms with van der Waals surface area (Å²) in [6, 6.07) is 0. The lowest BCUT2D eigenvalue weighted by atomic mass is 9.76. The molecule has 3 nitrogen and oxygen atoms in total. The van der Waals surface area contributed by atoms with Gasteiger partial charge in [0.25, 0.3) is 0 Å². The van der Waals surface area contributed by atoms with Crippen molar-refractivity contribution in [3.63, 3.8) is 0 Å². The molecule has 0 aromatic carbocycles. The van der Waals surface area contributed by atoms with E-state index in [4.69, 9.17) is 9.47 Å². The van der Waals surface area contributed by atoms with Gasteiger partial charge in [-0.3, -0.25) is 0 Å². The average molecular weight is 253 g/mol. The van der Waals surface area contributed by atoms with Gasteiger partial charge in [-0.05, 0) is 69.9 Å². The maximum absolute atomic E-state index is 6.13. The molecule has 18 heavy (non-hydrogen) atoms. The number of nitrogens with one attached hydrogen (secondary N) is 1. The van der Waals surface area contributed by atoms with Crippen LogP contribution < -0.4 is 5.32 Å². The molecule has 0 aliphatic carbocycles. The zero-order valence-electron chi connectivity index (χ0n) is 11.5. The van der Waals surface area contributed by atoms with Crippen molar-refractivity contribution in [3.8, 4) is 0 Å². The van der Waals surface area contributed by atoms with Crippen molar-refractivity contribution < 1.29 is 9.47 Å². The molecule has 1 unspecified atom stereocenters. The molecule has 0 aromatic heterocycles. The number of hydrogen-bond acceptors (Lipinski definition) is 3. The molecule has 0 saturated carbocycles. The molecule has 1 atom stereocenters. The van der Waals surface area contributed by atoms with E-state index in [-0.39, 0.29) is 5.60 Å². The molecule has 3 heterocycles. The van der Waals surface area contributed by atoms with Crippen LogP contribution in [0.25, 0.3) is 0 Å². The predicted octanol–water partition coefficient (Wildman–Crippen LogP) is 2.35. The summed E-state index contributed by atoms with van der Waals surface area (Å²) in [5, 5.41) is 3.47. The molecule has 0 amide bonds. The first kappa shape index (κ1) is 12.9. The van der Waals surface area contributed by atoms with Crippen molar-refractivity contribution in [2.75, 3.05) is 32.9 Å². The van der Waals surface area contributed by atoms with E-state index < -0.39 is 0 Å². The van der Waals surface area contributed by atoms with Crippen LogP contribution in [0.4, 0.5) is 0 Å². The van der Waals surface area contributed by atoms with E-state index >= 15 is 0 Å². The van der Waals surface area contributed by atoms with Gasteiger partial charge in [0.05, 0.1) is 5.60 Å². The molecule has 3 aliphatic heterocycles. The van der Waals surface area contributed by atoms with Crippen LogP contribution >= 0.6 is 0 Å². The maximum Gasteiger partial charge on any atom is 0.0729 e. The van der Waals surface area contributed by atoms with E-state index in [1.807, 2.05) is 0 Å².